The lowest BCUT2D eigenvalue weighted by atomic mass is 10.1. The summed E-state index contributed by atoms with van der Waals surface area (Å²) in [5.41, 5.74) is 0. The minimum absolute atomic E-state index is 0.0920. The molecular formula is C16H33O2. The molecule has 0 aliphatic carbocycles. The van der Waals surface area contributed by atoms with E-state index in [1.807, 2.05) is 0 Å². The number of hydrogen-bond donors (Lipinski definition) is 0. The van der Waals surface area contributed by atoms with E-state index in [-0.39, 0.29) is 6.61 Å². The van der Waals surface area contributed by atoms with E-state index in [1.54, 1.807) is 0 Å². The molecule has 0 saturated carbocycles. The fourth-order valence-corrected chi connectivity index (χ4v) is 2.10. The van der Waals surface area contributed by atoms with Gasteiger partial charge in [0.05, 0.1) is 6.61 Å². The number of unbranched alkanes of at least 4 members (excludes halogenated alkanes) is 10. The zero-order valence-corrected chi connectivity index (χ0v) is 12.4. The van der Waals surface area contributed by atoms with Gasteiger partial charge in [0.2, 0.25) is 0 Å². The Balaban J connectivity index is 2.86. The van der Waals surface area contributed by atoms with E-state index in [9.17, 15) is 5.11 Å². The van der Waals surface area contributed by atoms with Crippen molar-refractivity contribution in [3.63, 3.8) is 0 Å². The van der Waals surface area contributed by atoms with Crippen molar-refractivity contribution in [1.29, 1.82) is 0 Å². The highest BCUT2D eigenvalue weighted by atomic mass is 16.5. The van der Waals surface area contributed by atoms with Gasteiger partial charge in [-0.05, 0) is 19.3 Å². The lowest BCUT2D eigenvalue weighted by Crippen LogP contribution is -1.97. The van der Waals surface area contributed by atoms with Crippen LogP contribution >= 0.6 is 0 Å². The Hall–Kier alpha value is -0.0800. The molecule has 18 heavy (non-hydrogen) atoms. The zero-order valence-electron chi connectivity index (χ0n) is 12.4. The van der Waals surface area contributed by atoms with Gasteiger partial charge in [-0.15, -0.1) is 0 Å². The van der Waals surface area contributed by atoms with Crippen LogP contribution < -0.4 is 0 Å². The Morgan fingerprint density at radius 1 is 0.611 bits per heavy atom. The summed E-state index contributed by atoms with van der Waals surface area (Å²) in [4.78, 5) is 0. The van der Waals surface area contributed by atoms with E-state index >= 15 is 0 Å². The molecule has 1 radical (unpaired) electrons. The summed E-state index contributed by atoms with van der Waals surface area (Å²) >= 11 is 0. The highest BCUT2D eigenvalue weighted by molar-refractivity contribution is 4.46. The molecule has 0 spiro atoms. The van der Waals surface area contributed by atoms with Crippen LogP contribution in [0, 0.1) is 0 Å². The summed E-state index contributed by atoms with van der Waals surface area (Å²) in [6, 6.07) is 0. The predicted octanol–water partition coefficient (Wildman–Crippen LogP) is 5.13. The van der Waals surface area contributed by atoms with Gasteiger partial charge in [-0.3, -0.25) is 0 Å². The molecular weight excluding hydrogens is 224 g/mol. The van der Waals surface area contributed by atoms with Crippen LogP contribution in [0.5, 0.6) is 0 Å². The van der Waals surface area contributed by atoms with Gasteiger partial charge in [0.15, 0.2) is 0 Å². The van der Waals surface area contributed by atoms with Crippen molar-refractivity contribution >= 4 is 0 Å². The van der Waals surface area contributed by atoms with Crippen molar-refractivity contribution in [3.05, 3.63) is 0 Å². The Morgan fingerprint density at radius 2 is 1.06 bits per heavy atom. The first-order valence-corrected chi connectivity index (χ1v) is 8.07. The van der Waals surface area contributed by atoms with E-state index in [1.165, 1.54) is 57.8 Å². The van der Waals surface area contributed by atoms with E-state index in [2.05, 4.69) is 6.92 Å². The number of hydrogen-bond acceptors (Lipinski definition) is 1. The summed E-state index contributed by atoms with van der Waals surface area (Å²) in [5.74, 6) is 0. The summed E-state index contributed by atoms with van der Waals surface area (Å²) in [7, 11) is 0. The standard InChI is InChI=1S/C16H33O2/c1-2-3-4-5-6-9-12-15-18-16-13-10-7-8-11-14-17/h2-16H2,1H3. The first-order chi connectivity index (χ1) is 8.91. The van der Waals surface area contributed by atoms with Crippen LogP contribution in [0.15, 0.2) is 0 Å². The topological polar surface area (TPSA) is 29.1 Å². The first kappa shape index (κ1) is 17.9. The molecule has 0 amide bonds. The second-order valence-electron chi connectivity index (χ2n) is 5.21. The van der Waals surface area contributed by atoms with Gasteiger partial charge in [0.1, 0.15) is 0 Å². The van der Waals surface area contributed by atoms with E-state index in [4.69, 9.17) is 4.74 Å². The largest absolute Gasteiger partial charge is 0.381 e. The van der Waals surface area contributed by atoms with Crippen molar-refractivity contribution in [2.45, 2.75) is 84.0 Å². The molecule has 2 nitrogen and oxygen atoms in total. The maximum atomic E-state index is 10.2. The molecule has 109 valence electrons. The van der Waals surface area contributed by atoms with Gasteiger partial charge < -0.3 is 4.74 Å². The normalized spacial score (nSPS) is 11.0. The fourth-order valence-electron chi connectivity index (χ4n) is 2.10. The SMILES string of the molecule is CCCCCCCCCOCCCCCCC[O]. The van der Waals surface area contributed by atoms with Crippen LogP contribution in [-0.2, 0) is 9.84 Å². The van der Waals surface area contributed by atoms with E-state index < -0.39 is 0 Å². The summed E-state index contributed by atoms with van der Waals surface area (Å²) in [5, 5.41) is 10.2. The highest BCUT2D eigenvalue weighted by Gasteiger charge is 1.93. The highest BCUT2D eigenvalue weighted by Crippen LogP contribution is 2.07. The summed E-state index contributed by atoms with van der Waals surface area (Å²) < 4.78 is 5.61. The molecule has 0 heterocycles. The molecule has 0 aliphatic rings. The van der Waals surface area contributed by atoms with Gasteiger partial charge in [0, 0.05) is 13.2 Å². The Bertz CT molecular complexity index is 121. The fraction of sp³-hybridized carbons (Fsp3) is 1.00. The third kappa shape index (κ3) is 15.9. The van der Waals surface area contributed by atoms with Crippen molar-refractivity contribution in [2.24, 2.45) is 0 Å². The second kappa shape index (κ2) is 16.9. The molecule has 0 aromatic heterocycles. The van der Waals surface area contributed by atoms with Crippen molar-refractivity contribution < 1.29 is 9.84 Å². The van der Waals surface area contributed by atoms with Gasteiger partial charge >= 0.3 is 0 Å². The monoisotopic (exact) mass is 257 g/mol. The maximum absolute atomic E-state index is 10.2. The minimum Gasteiger partial charge on any atom is -0.381 e. The molecule has 0 saturated heterocycles. The molecule has 0 unspecified atom stereocenters. The number of ether oxygens (including phenoxy) is 1. The average Bonchev–Trinajstić information content (AvgIpc) is 2.39. The van der Waals surface area contributed by atoms with E-state index in [0.29, 0.717) is 0 Å². The van der Waals surface area contributed by atoms with Crippen LogP contribution in [0.4, 0.5) is 0 Å². The lowest BCUT2D eigenvalue weighted by molar-refractivity contribution is 0.125. The van der Waals surface area contributed by atoms with Crippen LogP contribution in [-0.4, -0.2) is 19.8 Å². The third-order valence-electron chi connectivity index (χ3n) is 3.33. The van der Waals surface area contributed by atoms with Gasteiger partial charge in [-0.25, -0.2) is 5.11 Å². The van der Waals surface area contributed by atoms with Gasteiger partial charge in [0.25, 0.3) is 0 Å². The van der Waals surface area contributed by atoms with E-state index in [0.717, 1.165) is 32.5 Å². The molecule has 0 bridgehead atoms. The Morgan fingerprint density at radius 3 is 1.56 bits per heavy atom. The van der Waals surface area contributed by atoms with Crippen LogP contribution in [0.1, 0.15) is 84.0 Å². The second-order valence-corrected chi connectivity index (χ2v) is 5.21. The minimum atomic E-state index is 0.0920. The van der Waals surface area contributed by atoms with Crippen LogP contribution in [0.2, 0.25) is 0 Å². The average molecular weight is 257 g/mol. The molecule has 0 aromatic rings. The lowest BCUT2D eigenvalue weighted by Gasteiger charge is -2.04. The molecule has 0 aromatic carbocycles. The molecule has 2 heteroatoms. The molecule has 0 aliphatic heterocycles. The Labute approximate surface area is 114 Å². The van der Waals surface area contributed by atoms with Crippen LogP contribution in [0.3, 0.4) is 0 Å². The molecule has 0 N–H and O–H groups in total. The quantitative estimate of drug-likeness (QED) is 0.374. The predicted molar refractivity (Wildman–Crippen MR) is 77.5 cm³/mol. The van der Waals surface area contributed by atoms with Crippen molar-refractivity contribution in [3.8, 4) is 0 Å². The van der Waals surface area contributed by atoms with Gasteiger partial charge in [-0.1, -0.05) is 64.7 Å². The summed E-state index contributed by atoms with van der Waals surface area (Å²) in [6.07, 6.45) is 15.0. The maximum Gasteiger partial charge on any atom is 0.0822 e. The molecule has 0 fully saturated rings. The Kier molecular flexibility index (Phi) is 16.8. The number of rotatable bonds is 15. The smallest absolute Gasteiger partial charge is 0.0822 e. The van der Waals surface area contributed by atoms with Crippen LogP contribution in [0.25, 0.3) is 0 Å². The molecule has 0 rings (SSSR count). The third-order valence-corrected chi connectivity index (χ3v) is 3.33. The van der Waals surface area contributed by atoms with Crippen molar-refractivity contribution in [1.82, 2.24) is 0 Å². The molecule has 0 atom stereocenters. The zero-order chi connectivity index (χ0) is 13.3. The van der Waals surface area contributed by atoms with Crippen molar-refractivity contribution in [2.75, 3.05) is 19.8 Å². The van der Waals surface area contributed by atoms with Gasteiger partial charge in [-0.2, -0.15) is 0 Å². The summed E-state index contributed by atoms with van der Waals surface area (Å²) in [6.45, 7) is 4.20. The first-order valence-electron chi connectivity index (χ1n) is 8.07.